The molecule has 0 aliphatic heterocycles. The van der Waals surface area contributed by atoms with E-state index in [0.717, 1.165) is 23.3 Å². The van der Waals surface area contributed by atoms with E-state index in [-0.39, 0.29) is 10.6 Å². The normalized spacial score (nSPS) is 10.3. The molecule has 0 aliphatic carbocycles. The summed E-state index contributed by atoms with van der Waals surface area (Å²) in [5, 5.41) is 8.75. The smallest absolute Gasteiger partial charge is 0.294 e. The van der Waals surface area contributed by atoms with Gasteiger partial charge in [0.25, 0.3) is 10.1 Å². The molecule has 0 heterocycles. The van der Waals surface area contributed by atoms with Gasteiger partial charge in [0.15, 0.2) is 0 Å². The molecule has 0 saturated heterocycles. The molecule has 0 spiro atoms. The summed E-state index contributed by atoms with van der Waals surface area (Å²) < 4.78 is 34.5. The van der Waals surface area contributed by atoms with Crippen LogP contribution in [0.15, 0.2) is 53.5 Å². The van der Waals surface area contributed by atoms with Crippen molar-refractivity contribution in [1.29, 1.82) is 0 Å². The molecule has 0 amide bonds. The van der Waals surface area contributed by atoms with E-state index in [4.69, 9.17) is 14.4 Å². The molecular formula is C14H20O5S. The molecule has 0 fully saturated rings. The first-order valence-corrected chi connectivity index (χ1v) is 7.20. The molecule has 0 atom stereocenters. The van der Waals surface area contributed by atoms with Gasteiger partial charge in [-0.1, -0.05) is 24.3 Å². The second kappa shape index (κ2) is 8.52. The van der Waals surface area contributed by atoms with Crippen LogP contribution in [0.4, 0.5) is 0 Å². The first kappa shape index (κ1) is 18.4. The zero-order chi connectivity index (χ0) is 15.8. The zero-order valence-corrected chi connectivity index (χ0v) is 12.5. The summed E-state index contributed by atoms with van der Waals surface area (Å²) in [6.07, 6.45) is 0. The second-order valence-corrected chi connectivity index (χ2v) is 5.80. The summed E-state index contributed by atoms with van der Waals surface area (Å²) in [6, 6.07) is 4.60. The molecule has 5 nitrogen and oxygen atoms in total. The highest BCUT2D eigenvalue weighted by atomic mass is 32.2. The summed E-state index contributed by atoms with van der Waals surface area (Å²) in [5.74, 6) is -0.0441. The van der Waals surface area contributed by atoms with E-state index in [1.54, 1.807) is 0 Å². The lowest BCUT2D eigenvalue weighted by molar-refractivity contribution is 0.180. The van der Waals surface area contributed by atoms with Crippen molar-refractivity contribution in [3.05, 3.63) is 48.6 Å². The van der Waals surface area contributed by atoms with Crippen molar-refractivity contribution in [2.45, 2.75) is 18.7 Å². The largest absolute Gasteiger partial charge is 0.508 e. The fourth-order valence-corrected chi connectivity index (χ4v) is 1.50. The maximum atomic E-state index is 10.4. The van der Waals surface area contributed by atoms with Crippen LogP contribution in [0, 0.1) is 0 Å². The summed E-state index contributed by atoms with van der Waals surface area (Å²) in [5.41, 5.74) is 2.10. The molecule has 0 unspecified atom stereocenters. The Morgan fingerprint density at radius 1 is 1.10 bits per heavy atom. The van der Waals surface area contributed by atoms with Crippen molar-refractivity contribution in [2.24, 2.45) is 0 Å². The third-order valence-electron chi connectivity index (χ3n) is 1.83. The molecule has 1 aromatic carbocycles. The summed E-state index contributed by atoms with van der Waals surface area (Å²) in [4.78, 5) is -0.227. The van der Waals surface area contributed by atoms with E-state index in [1.807, 2.05) is 13.8 Å². The number of hydrogen-bond acceptors (Lipinski definition) is 4. The number of ether oxygens (including phenoxy) is 1. The summed E-state index contributed by atoms with van der Waals surface area (Å²) in [6.45, 7) is 12.6. The van der Waals surface area contributed by atoms with Gasteiger partial charge in [-0.05, 0) is 38.1 Å². The van der Waals surface area contributed by atoms with E-state index < -0.39 is 10.1 Å². The van der Waals surface area contributed by atoms with Crippen molar-refractivity contribution in [1.82, 2.24) is 0 Å². The number of rotatable bonds is 5. The molecule has 0 bridgehead atoms. The van der Waals surface area contributed by atoms with Gasteiger partial charge in [-0.3, -0.25) is 4.55 Å². The van der Waals surface area contributed by atoms with Crippen LogP contribution in [0.25, 0.3) is 0 Å². The minimum Gasteiger partial charge on any atom is -0.508 e. The number of hydrogen-bond donors (Lipinski definition) is 2. The fraction of sp³-hybridized carbons (Fsp3) is 0.286. The topological polar surface area (TPSA) is 83.8 Å². The van der Waals surface area contributed by atoms with Gasteiger partial charge >= 0.3 is 0 Å². The predicted molar refractivity (Wildman–Crippen MR) is 78.4 cm³/mol. The molecule has 0 aliphatic rings. The van der Waals surface area contributed by atoms with E-state index in [9.17, 15) is 8.42 Å². The van der Waals surface area contributed by atoms with E-state index in [0.29, 0.717) is 13.2 Å². The molecule has 0 saturated carbocycles. The molecule has 0 aromatic heterocycles. The third-order valence-corrected chi connectivity index (χ3v) is 2.70. The molecular weight excluding hydrogens is 280 g/mol. The predicted octanol–water partition coefficient (Wildman–Crippen LogP) is 2.79. The van der Waals surface area contributed by atoms with Crippen molar-refractivity contribution >= 4 is 10.1 Å². The van der Waals surface area contributed by atoms with Gasteiger partial charge in [-0.2, -0.15) is 8.42 Å². The average molecular weight is 300 g/mol. The lowest BCUT2D eigenvalue weighted by Crippen LogP contribution is -1.96. The first-order valence-electron chi connectivity index (χ1n) is 5.76. The van der Waals surface area contributed by atoms with Crippen LogP contribution in [0.3, 0.4) is 0 Å². The van der Waals surface area contributed by atoms with Gasteiger partial charge < -0.3 is 9.84 Å². The van der Waals surface area contributed by atoms with Gasteiger partial charge in [0.2, 0.25) is 0 Å². The Bertz CT molecular complexity index is 529. The summed E-state index contributed by atoms with van der Waals surface area (Å²) >= 11 is 0. The lowest BCUT2D eigenvalue weighted by Gasteiger charge is -2.00. The lowest BCUT2D eigenvalue weighted by atomic mass is 10.3. The van der Waals surface area contributed by atoms with Gasteiger partial charge in [-0.25, -0.2) is 0 Å². The van der Waals surface area contributed by atoms with Crippen molar-refractivity contribution in [3.8, 4) is 5.75 Å². The summed E-state index contributed by atoms with van der Waals surface area (Å²) in [7, 11) is -4.13. The first-order chi connectivity index (χ1) is 9.12. The van der Waals surface area contributed by atoms with Gasteiger partial charge in [-0.15, -0.1) is 0 Å². The van der Waals surface area contributed by atoms with Crippen molar-refractivity contribution in [2.75, 3.05) is 13.2 Å². The minimum absolute atomic E-state index is 0.0441. The van der Waals surface area contributed by atoms with Crippen LogP contribution in [-0.4, -0.2) is 31.3 Å². The molecule has 0 radical (unpaired) electrons. The van der Waals surface area contributed by atoms with Crippen LogP contribution < -0.4 is 0 Å². The standard InChI is InChI=1S/C8H14O.C6H6O4S/c1-7(2)5-9-6-8(3)4;7-5-1-3-6(4-2-5)11(8,9)10/h1,3,5-6H2,2,4H3;1-4,7H,(H,8,9,10). The van der Waals surface area contributed by atoms with Crippen molar-refractivity contribution in [3.63, 3.8) is 0 Å². The third kappa shape index (κ3) is 9.32. The fourth-order valence-electron chi connectivity index (χ4n) is 1.02. The Morgan fingerprint density at radius 3 is 1.80 bits per heavy atom. The Kier molecular flexibility index (Phi) is 7.83. The van der Waals surface area contributed by atoms with Crippen LogP contribution in [0.2, 0.25) is 0 Å². The Hall–Kier alpha value is -1.63. The van der Waals surface area contributed by atoms with Crippen LogP contribution in [-0.2, 0) is 14.9 Å². The number of aromatic hydroxyl groups is 1. The van der Waals surface area contributed by atoms with Gasteiger partial charge in [0.1, 0.15) is 5.75 Å². The zero-order valence-electron chi connectivity index (χ0n) is 11.7. The molecule has 112 valence electrons. The highest BCUT2D eigenvalue weighted by Gasteiger charge is 2.07. The van der Waals surface area contributed by atoms with Crippen LogP contribution in [0.5, 0.6) is 5.75 Å². The molecule has 1 aromatic rings. The number of benzene rings is 1. The molecule has 2 N–H and O–H groups in total. The maximum absolute atomic E-state index is 10.4. The molecule has 6 heteroatoms. The minimum atomic E-state index is -4.13. The highest BCUT2D eigenvalue weighted by molar-refractivity contribution is 7.85. The average Bonchev–Trinajstić information content (AvgIpc) is 2.28. The quantitative estimate of drug-likeness (QED) is 0.645. The highest BCUT2D eigenvalue weighted by Crippen LogP contribution is 2.13. The monoisotopic (exact) mass is 300 g/mol. The Morgan fingerprint density at radius 2 is 1.50 bits per heavy atom. The van der Waals surface area contributed by atoms with Crippen molar-refractivity contribution < 1.29 is 22.8 Å². The van der Waals surface area contributed by atoms with E-state index in [2.05, 4.69) is 13.2 Å². The number of phenols is 1. The van der Waals surface area contributed by atoms with Crippen LogP contribution in [0.1, 0.15) is 13.8 Å². The van der Waals surface area contributed by atoms with E-state index >= 15 is 0 Å². The van der Waals surface area contributed by atoms with Gasteiger partial charge in [0.05, 0.1) is 18.1 Å². The number of phenolic OH excluding ortho intramolecular Hbond substituents is 1. The second-order valence-electron chi connectivity index (χ2n) is 4.38. The molecule has 20 heavy (non-hydrogen) atoms. The SMILES string of the molecule is C=C(C)COCC(=C)C.O=S(=O)(O)c1ccc(O)cc1. The Labute approximate surface area is 120 Å². The van der Waals surface area contributed by atoms with Gasteiger partial charge in [0, 0.05) is 0 Å². The maximum Gasteiger partial charge on any atom is 0.294 e. The molecule has 1 rings (SSSR count). The Balaban J connectivity index is 0.000000370. The van der Waals surface area contributed by atoms with E-state index in [1.165, 1.54) is 12.1 Å². The van der Waals surface area contributed by atoms with Crippen LogP contribution >= 0.6 is 0 Å².